The van der Waals surface area contributed by atoms with E-state index in [0.29, 0.717) is 15.4 Å². The molecular weight excluding hydrogens is 302 g/mol. The van der Waals surface area contributed by atoms with E-state index in [-0.39, 0.29) is 12.4 Å². The van der Waals surface area contributed by atoms with Crippen molar-refractivity contribution in [3.63, 3.8) is 0 Å². The number of hydrogen-bond acceptors (Lipinski definition) is 1. The average molecular weight is 318 g/mol. The van der Waals surface area contributed by atoms with Crippen LogP contribution in [0.2, 0.25) is 0 Å². The monoisotopic (exact) mass is 316 g/mol. The lowest BCUT2D eigenvalue weighted by molar-refractivity contribution is -0.461. The summed E-state index contributed by atoms with van der Waals surface area (Å²) in [4.78, 5) is 1.85. The molecular formula is C11H16Cl4N2. The van der Waals surface area contributed by atoms with Crippen LogP contribution in [0.5, 0.6) is 0 Å². The Morgan fingerprint density at radius 2 is 1.71 bits per heavy atom. The molecule has 17 heavy (non-hydrogen) atoms. The molecule has 0 fully saturated rings. The zero-order valence-corrected chi connectivity index (χ0v) is 13.3. The van der Waals surface area contributed by atoms with Crippen LogP contribution in [0.25, 0.3) is 0 Å². The Labute approximate surface area is 124 Å². The second-order valence-electron chi connectivity index (χ2n) is 4.14. The van der Waals surface area contributed by atoms with Gasteiger partial charge in [0.25, 0.3) is 5.17 Å². The van der Waals surface area contributed by atoms with Crippen LogP contribution in [0, 0.1) is 0 Å². The Morgan fingerprint density at radius 1 is 1.18 bits per heavy atom. The van der Waals surface area contributed by atoms with Gasteiger partial charge in [-0.1, -0.05) is 23.2 Å². The molecule has 1 aliphatic rings. The standard InChI is InChI=1S/C11H16Cl3N2.ClH/c1-15(2)10(13)7-5-6-8(9(7)12)11(14)16(3)4;/h5-6H2,1-4H3;1H/q+1;/p-1. The van der Waals surface area contributed by atoms with E-state index >= 15 is 0 Å². The molecule has 0 radical (unpaired) electrons. The van der Waals surface area contributed by atoms with Crippen molar-refractivity contribution >= 4 is 40.0 Å². The minimum atomic E-state index is 0. The highest BCUT2D eigenvalue weighted by molar-refractivity contribution is 6.69. The van der Waals surface area contributed by atoms with Gasteiger partial charge in [0.2, 0.25) is 0 Å². The van der Waals surface area contributed by atoms with Crippen LogP contribution in [0.3, 0.4) is 0 Å². The lowest BCUT2D eigenvalue weighted by Crippen LogP contribution is -3.00. The summed E-state index contributed by atoms with van der Waals surface area (Å²) in [6, 6.07) is 0. The quantitative estimate of drug-likeness (QED) is 0.401. The molecule has 0 atom stereocenters. The normalized spacial score (nSPS) is 17.8. The third kappa shape index (κ3) is 3.78. The molecule has 0 bridgehead atoms. The summed E-state index contributed by atoms with van der Waals surface area (Å²) in [7, 11) is 7.59. The fraction of sp³-hybridized carbons (Fsp3) is 0.545. The molecule has 0 N–H and O–H groups in total. The molecule has 0 aromatic rings. The van der Waals surface area contributed by atoms with Crippen LogP contribution in [-0.4, -0.2) is 42.8 Å². The minimum absolute atomic E-state index is 0. The van der Waals surface area contributed by atoms with E-state index in [2.05, 4.69) is 0 Å². The fourth-order valence-corrected chi connectivity index (χ4v) is 2.42. The van der Waals surface area contributed by atoms with Gasteiger partial charge in [-0.3, -0.25) is 0 Å². The molecule has 0 unspecified atom stereocenters. The molecule has 0 aromatic heterocycles. The number of halogens is 4. The maximum Gasteiger partial charge on any atom is 0.273 e. The Kier molecular flexibility index (Phi) is 6.93. The first-order valence-electron chi connectivity index (χ1n) is 5.01. The lowest BCUT2D eigenvalue weighted by atomic mass is 10.2. The van der Waals surface area contributed by atoms with Gasteiger partial charge in [-0.25, -0.2) is 4.58 Å². The van der Waals surface area contributed by atoms with Crippen molar-refractivity contribution in [2.24, 2.45) is 0 Å². The molecule has 0 spiro atoms. The van der Waals surface area contributed by atoms with Crippen molar-refractivity contribution in [1.82, 2.24) is 4.90 Å². The highest BCUT2D eigenvalue weighted by Crippen LogP contribution is 2.38. The van der Waals surface area contributed by atoms with Crippen LogP contribution in [0.4, 0.5) is 0 Å². The van der Waals surface area contributed by atoms with Crippen molar-refractivity contribution in [2.45, 2.75) is 12.8 Å². The van der Waals surface area contributed by atoms with Gasteiger partial charge in [-0.2, -0.15) is 0 Å². The highest BCUT2D eigenvalue weighted by Gasteiger charge is 2.27. The van der Waals surface area contributed by atoms with E-state index in [4.69, 9.17) is 34.8 Å². The van der Waals surface area contributed by atoms with Gasteiger partial charge in [0.05, 0.1) is 10.6 Å². The summed E-state index contributed by atoms with van der Waals surface area (Å²) in [5, 5.41) is 2.06. The van der Waals surface area contributed by atoms with E-state index in [1.807, 2.05) is 37.7 Å². The molecule has 98 valence electrons. The third-order valence-electron chi connectivity index (χ3n) is 2.44. The summed E-state index contributed by atoms with van der Waals surface area (Å²) in [6.07, 6.45) is 1.68. The largest absolute Gasteiger partial charge is 1.00 e. The highest BCUT2D eigenvalue weighted by atomic mass is 35.5. The molecule has 0 amide bonds. The smallest absolute Gasteiger partial charge is 0.273 e. The molecule has 0 saturated carbocycles. The van der Waals surface area contributed by atoms with Crippen molar-refractivity contribution < 1.29 is 17.0 Å². The number of nitrogens with zero attached hydrogens (tertiary/aromatic N) is 2. The van der Waals surface area contributed by atoms with E-state index in [9.17, 15) is 0 Å². The van der Waals surface area contributed by atoms with Gasteiger partial charge >= 0.3 is 0 Å². The lowest BCUT2D eigenvalue weighted by Gasteiger charge is -2.13. The molecule has 1 rings (SSSR count). The summed E-state index contributed by atoms with van der Waals surface area (Å²) in [5.74, 6) is 0. The van der Waals surface area contributed by atoms with Gasteiger partial charge in [-0.05, 0) is 24.4 Å². The molecule has 2 nitrogen and oxygen atoms in total. The predicted molar refractivity (Wildman–Crippen MR) is 71.6 cm³/mol. The fourth-order valence-electron chi connectivity index (χ4n) is 1.58. The van der Waals surface area contributed by atoms with Crippen LogP contribution < -0.4 is 12.4 Å². The maximum absolute atomic E-state index is 6.30. The van der Waals surface area contributed by atoms with Gasteiger partial charge in [0.15, 0.2) is 0 Å². The average Bonchev–Trinajstić information content (AvgIpc) is 2.57. The van der Waals surface area contributed by atoms with E-state index < -0.39 is 0 Å². The maximum atomic E-state index is 6.30. The topological polar surface area (TPSA) is 6.25 Å². The van der Waals surface area contributed by atoms with Gasteiger partial charge < -0.3 is 17.3 Å². The van der Waals surface area contributed by atoms with Gasteiger partial charge in [0, 0.05) is 19.7 Å². The molecule has 0 heterocycles. The second-order valence-corrected chi connectivity index (χ2v) is 5.24. The Bertz CT molecular complexity index is 390. The van der Waals surface area contributed by atoms with Crippen molar-refractivity contribution in [3.05, 3.63) is 21.3 Å². The van der Waals surface area contributed by atoms with Gasteiger partial charge in [-0.15, -0.1) is 0 Å². The summed E-state index contributed by atoms with van der Waals surface area (Å²) in [6.45, 7) is 0. The molecule has 0 aromatic carbocycles. The molecule has 1 aliphatic carbocycles. The SMILES string of the molecule is CN(C)/C(Cl)=C1\CCC(C(Cl)=[N+](C)C)=C1Cl.[Cl-]. The number of allylic oxidation sites excluding steroid dienone is 3. The molecule has 0 aliphatic heterocycles. The zero-order valence-electron chi connectivity index (χ0n) is 10.3. The number of rotatable bonds is 2. The van der Waals surface area contributed by atoms with Crippen LogP contribution in [0.1, 0.15) is 12.8 Å². The van der Waals surface area contributed by atoms with Gasteiger partial charge in [0.1, 0.15) is 19.3 Å². The summed E-state index contributed by atoms with van der Waals surface area (Å²) >= 11 is 18.7. The Morgan fingerprint density at radius 3 is 2.12 bits per heavy atom. The first kappa shape index (κ1) is 17.1. The molecule has 6 heteroatoms. The Balaban J connectivity index is 0.00000256. The third-order valence-corrected chi connectivity index (χ3v) is 4.03. The van der Waals surface area contributed by atoms with Crippen LogP contribution >= 0.6 is 34.8 Å². The van der Waals surface area contributed by atoms with Crippen LogP contribution in [-0.2, 0) is 0 Å². The predicted octanol–water partition coefficient (Wildman–Crippen LogP) is 0.199. The Hall–Kier alpha value is 0.110. The number of hydrogen-bond donors (Lipinski definition) is 0. The van der Waals surface area contributed by atoms with E-state index in [0.717, 1.165) is 24.0 Å². The summed E-state index contributed by atoms with van der Waals surface area (Å²) < 4.78 is 1.85. The van der Waals surface area contributed by atoms with Crippen LogP contribution in [0.15, 0.2) is 21.3 Å². The van der Waals surface area contributed by atoms with Crippen molar-refractivity contribution in [2.75, 3.05) is 28.2 Å². The minimum Gasteiger partial charge on any atom is -1.00 e. The zero-order chi connectivity index (χ0) is 12.5. The first-order valence-corrected chi connectivity index (χ1v) is 6.14. The van der Waals surface area contributed by atoms with Crippen molar-refractivity contribution in [1.29, 1.82) is 0 Å². The second kappa shape index (κ2) is 6.89. The van der Waals surface area contributed by atoms with Crippen molar-refractivity contribution in [3.8, 4) is 0 Å². The first-order chi connectivity index (χ1) is 7.36. The van der Waals surface area contributed by atoms with E-state index in [1.54, 1.807) is 0 Å². The summed E-state index contributed by atoms with van der Waals surface area (Å²) in [5.41, 5.74) is 1.95. The molecule has 0 saturated heterocycles. The van der Waals surface area contributed by atoms with E-state index in [1.165, 1.54) is 0 Å².